The first-order valence-electron chi connectivity index (χ1n) is 4.05. The number of thioether (sulfide) groups is 1. The smallest absolute Gasteiger partial charge is 0.181 e. The Kier molecular flexibility index (Phi) is 2.74. The molecule has 2 heterocycles. The van der Waals surface area contributed by atoms with E-state index in [-0.39, 0.29) is 0 Å². The first kappa shape index (κ1) is 9.54. The van der Waals surface area contributed by atoms with Gasteiger partial charge in [0.2, 0.25) is 0 Å². The number of nitrogen functional groups attached to an aromatic ring is 1. The van der Waals surface area contributed by atoms with Gasteiger partial charge in [0, 0.05) is 24.6 Å². The summed E-state index contributed by atoms with van der Waals surface area (Å²) in [4.78, 5) is 3.99. The van der Waals surface area contributed by atoms with Crippen molar-refractivity contribution in [2.45, 2.75) is 9.96 Å². The van der Waals surface area contributed by atoms with Crippen LogP contribution in [0.25, 0.3) is 0 Å². The minimum absolute atomic E-state index is 0.624. The minimum atomic E-state index is 0.624. The van der Waals surface area contributed by atoms with Crippen molar-refractivity contribution in [2.75, 3.05) is 5.73 Å². The number of nitrogens with two attached hydrogens (primary N) is 1. The van der Waals surface area contributed by atoms with Crippen molar-refractivity contribution in [3.63, 3.8) is 0 Å². The van der Waals surface area contributed by atoms with Gasteiger partial charge in [-0.1, -0.05) is 11.3 Å². The molecule has 0 fully saturated rings. The molecule has 74 valence electrons. The van der Waals surface area contributed by atoms with Gasteiger partial charge in [-0.25, -0.2) is 4.98 Å². The number of aromatic nitrogens is 3. The summed E-state index contributed by atoms with van der Waals surface area (Å²) in [6, 6.07) is 0. The predicted octanol–water partition coefficient (Wildman–Crippen LogP) is 1.75. The van der Waals surface area contributed by atoms with Crippen molar-refractivity contribution in [3.8, 4) is 0 Å². The summed E-state index contributed by atoms with van der Waals surface area (Å²) in [5, 5.41) is 4.72. The Hall–Kier alpha value is -1.01. The fourth-order valence-corrected chi connectivity index (χ4v) is 2.71. The molecule has 0 unspecified atom stereocenters. The molecule has 0 amide bonds. The zero-order valence-corrected chi connectivity index (χ0v) is 9.31. The number of anilines is 1. The van der Waals surface area contributed by atoms with Crippen LogP contribution in [-0.2, 0) is 12.8 Å². The van der Waals surface area contributed by atoms with E-state index in [1.807, 2.05) is 19.4 Å². The number of aryl methyl sites for hydroxylation is 1. The monoisotopic (exact) mass is 226 g/mol. The molecule has 0 saturated carbocycles. The highest BCUT2D eigenvalue weighted by Gasteiger charge is 2.01. The molecule has 0 aliphatic carbocycles. The van der Waals surface area contributed by atoms with Gasteiger partial charge >= 0.3 is 0 Å². The van der Waals surface area contributed by atoms with E-state index in [1.165, 1.54) is 16.9 Å². The molecule has 14 heavy (non-hydrogen) atoms. The highest BCUT2D eigenvalue weighted by molar-refractivity contribution is 8.00. The molecular weight excluding hydrogens is 216 g/mol. The molecule has 0 atom stereocenters. The molecule has 6 heteroatoms. The van der Waals surface area contributed by atoms with Crippen molar-refractivity contribution in [3.05, 3.63) is 24.2 Å². The van der Waals surface area contributed by atoms with Crippen molar-refractivity contribution >= 4 is 28.2 Å². The van der Waals surface area contributed by atoms with Gasteiger partial charge in [0.1, 0.15) is 0 Å². The molecule has 4 nitrogen and oxygen atoms in total. The van der Waals surface area contributed by atoms with Gasteiger partial charge in [-0.05, 0) is 0 Å². The first-order chi connectivity index (χ1) is 6.74. The van der Waals surface area contributed by atoms with Crippen LogP contribution in [0.15, 0.2) is 22.8 Å². The maximum atomic E-state index is 5.53. The lowest BCUT2D eigenvalue weighted by molar-refractivity contribution is 0.767. The summed E-state index contributed by atoms with van der Waals surface area (Å²) >= 11 is 3.25. The van der Waals surface area contributed by atoms with Crippen molar-refractivity contribution < 1.29 is 0 Å². The fraction of sp³-hybridized carbons (Fsp3) is 0.250. The summed E-state index contributed by atoms with van der Waals surface area (Å²) in [6.07, 6.45) is 5.69. The predicted molar refractivity (Wildman–Crippen MR) is 59.3 cm³/mol. The number of hydrogen-bond donors (Lipinski definition) is 1. The Morgan fingerprint density at radius 1 is 1.57 bits per heavy atom. The van der Waals surface area contributed by atoms with E-state index in [1.54, 1.807) is 22.6 Å². The molecule has 0 aliphatic heterocycles. The van der Waals surface area contributed by atoms with Gasteiger partial charge in [0.25, 0.3) is 0 Å². The van der Waals surface area contributed by atoms with E-state index in [0.717, 1.165) is 9.96 Å². The summed E-state index contributed by atoms with van der Waals surface area (Å²) in [6.45, 7) is 0. The summed E-state index contributed by atoms with van der Waals surface area (Å²) in [7, 11) is 1.92. The van der Waals surface area contributed by atoms with Gasteiger partial charge in [-0.2, -0.15) is 5.10 Å². The number of rotatable bonds is 3. The standard InChI is InChI=1S/C8H10N4S2/c1-12-4-6(2-11-12)5-13-7-3-10-8(9)14-7/h2-4H,5H2,1H3,(H2,9,10). The topological polar surface area (TPSA) is 56.7 Å². The molecular formula is C8H10N4S2. The average molecular weight is 226 g/mol. The molecule has 0 bridgehead atoms. The molecule has 2 rings (SSSR count). The lowest BCUT2D eigenvalue weighted by atomic mass is 10.4. The Morgan fingerprint density at radius 3 is 3.00 bits per heavy atom. The second-order valence-corrected chi connectivity index (χ2v) is 5.17. The molecule has 2 aromatic heterocycles. The van der Waals surface area contributed by atoms with Crippen molar-refractivity contribution in [2.24, 2.45) is 7.05 Å². The summed E-state index contributed by atoms with van der Waals surface area (Å²) in [5.41, 5.74) is 6.74. The van der Waals surface area contributed by atoms with Crippen LogP contribution < -0.4 is 5.73 Å². The number of thiazole rings is 1. The lowest BCUT2D eigenvalue weighted by Gasteiger charge is -1.92. The van der Waals surface area contributed by atoms with Crippen LogP contribution in [0, 0.1) is 0 Å². The maximum Gasteiger partial charge on any atom is 0.181 e. The first-order valence-corrected chi connectivity index (χ1v) is 5.86. The van der Waals surface area contributed by atoms with E-state index in [4.69, 9.17) is 5.73 Å². The van der Waals surface area contributed by atoms with E-state index >= 15 is 0 Å². The normalized spacial score (nSPS) is 10.6. The number of nitrogens with zero attached hydrogens (tertiary/aromatic N) is 3. The molecule has 0 aliphatic rings. The molecule has 0 spiro atoms. The maximum absolute atomic E-state index is 5.53. The molecule has 2 aromatic rings. The number of hydrogen-bond acceptors (Lipinski definition) is 5. The van der Waals surface area contributed by atoms with E-state index in [2.05, 4.69) is 10.1 Å². The van der Waals surface area contributed by atoms with Crippen LogP contribution in [0.3, 0.4) is 0 Å². The highest BCUT2D eigenvalue weighted by Crippen LogP contribution is 2.28. The van der Waals surface area contributed by atoms with Crippen LogP contribution >= 0.6 is 23.1 Å². The van der Waals surface area contributed by atoms with E-state index < -0.39 is 0 Å². The largest absolute Gasteiger partial charge is 0.375 e. The second kappa shape index (κ2) is 4.02. The van der Waals surface area contributed by atoms with Crippen LogP contribution in [0.1, 0.15) is 5.56 Å². The zero-order chi connectivity index (χ0) is 9.97. The van der Waals surface area contributed by atoms with E-state index in [0.29, 0.717) is 5.13 Å². The molecule has 0 saturated heterocycles. The summed E-state index contributed by atoms with van der Waals surface area (Å²) in [5.74, 6) is 0.912. The van der Waals surface area contributed by atoms with Gasteiger partial charge in [0.15, 0.2) is 5.13 Å². The third kappa shape index (κ3) is 2.27. The lowest BCUT2D eigenvalue weighted by Crippen LogP contribution is -1.84. The third-order valence-electron chi connectivity index (χ3n) is 1.64. The van der Waals surface area contributed by atoms with Crippen molar-refractivity contribution in [1.82, 2.24) is 14.8 Å². The Morgan fingerprint density at radius 2 is 2.43 bits per heavy atom. The van der Waals surface area contributed by atoms with Gasteiger partial charge in [-0.15, -0.1) is 11.8 Å². The Labute approximate surface area is 90.1 Å². The van der Waals surface area contributed by atoms with Gasteiger partial charge < -0.3 is 5.73 Å². The second-order valence-electron chi connectivity index (χ2n) is 2.83. The Bertz CT molecular complexity index is 380. The van der Waals surface area contributed by atoms with Gasteiger partial charge in [0.05, 0.1) is 16.6 Å². The van der Waals surface area contributed by atoms with Gasteiger partial charge in [-0.3, -0.25) is 4.68 Å². The fourth-order valence-electron chi connectivity index (χ4n) is 1.04. The molecule has 2 N–H and O–H groups in total. The Balaban J connectivity index is 1.94. The highest BCUT2D eigenvalue weighted by atomic mass is 32.2. The molecule has 0 radical (unpaired) electrons. The summed E-state index contributed by atoms with van der Waals surface area (Å²) < 4.78 is 2.95. The van der Waals surface area contributed by atoms with Crippen molar-refractivity contribution in [1.29, 1.82) is 0 Å². The SMILES string of the molecule is Cn1cc(CSc2cnc(N)s2)cn1. The van der Waals surface area contributed by atoms with Crippen LogP contribution in [0.4, 0.5) is 5.13 Å². The minimum Gasteiger partial charge on any atom is -0.375 e. The van der Waals surface area contributed by atoms with Crippen LogP contribution in [0.5, 0.6) is 0 Å². The van der Waals surface area contributed by atoms with E-state index in [9.17, 15) is 0 Å². The molecule has 0 aromatic carbocycles. The van der Waals surface area contributed by atoms with Crippen LogP contribution in [-0.4, -0.2) is 14.8 Å². The average Bonchev–Trinajstić information content (AvgIpc) is 2.72. The third-order valence-corrected chi connectivity index (χ3v) is 3.73. The quantitative estimate of drug-likeness (QED) is 0.810. The zero-order valence-electron chi connectivity index (χ0n) is 7.67. The van der Waals surface area contributed by atoms with Crippen LogP contribution in [0.2, 0.25) is 0 Å².